The maximum Gasteiger partial charge on any atom is 0.262 e. The van der Waals surface area contributed by atoms with E-state index in [1.807, 2.05) is 68.6 Å². The fraction of sp³-hybridized carbons (Fsp3) is 0.179. The van der Waals surface area contributed by atoms with Gasteiger partial charge in [0.15, 0.2) is 0 Å². The van der Waals surface area contributed by atoms with E-state index in [0.717, 1.165) is 22.0 Å². The molecule has 0 saturated heterocycles. The van der Waals surface area contributed by atoms with Crippen LogP contribution in [0.4, 0.5) is 0 Å². The highest BCUT2D eigenvalue weighted by molar-refractivity contribution is 6.36. The van der Waals surface area contributed by atoms with Gasteiger partial charge < -0.3 is 9.88 Å². The molecule has 9 heteroatoms. The number of nitrogens with one attached hydrogen (secondary N) is 2. The maximum absolute atomic E-state index is 12.9. The van der Waals surface area contributed by atoms with Gasteiger partial charge in [0.2, 0.25) is 0 Å². The Balaban J connectivity index is 1.48. The van der Waals surface area contributed by atoms with Gasteiger partial charge in [-0.15, -0.1) is 0 Å². The highest BCUT2D eigenvalue weighted by Crippen LogP contribution is 2.23. The second-order valence-electron chi connectivity index (χ2n) is 8.91. The molecule has 4 aromatic rings. The number of para-hydroxylation sites is 1. The van der Waals surface area contributed by atoms with Crippen molar-refractivity contribution in [1.82, 2.24) is 15.3 Å². The van der Waals surface area contributed by atoms with Gasteiger partial charge in [-0.1, -0.05) is 79.0 Å². The van der Waals surface area contributed by atoms with E-state index < -0.39 is 17.9 Å². The number of amides is 2. The van der Waals surface area contributed by atoms with Crippen molar-refractivity contribution in [2.75, 3.05) is 0 Å². The molecule has 0 bridgehead atoms. The van der Waals surface area contributed by atoms with Gasteiger partial charge in [0, 0.05) is 39.3 Å². The molecule has 3 aromatic carbocycles. The predicted molar refractivity (Wildman–Crippen MR) is 151 cm³/mol. The number of hydrazone groups is 1. The van der Waals surface area contributed by atoms with E-state index in [-0.39, 0.29) is 16.5 Å². The molecule has 0 saturated carbocycles. The van der Waals surface area contributed by atoms with E-state index in [4.69, 9.17) is 34.8 Å². The van der Waals surface area contributed by atoms with E-state index >= 15 is 0 Å². The van der Waals surface area contributed by atoms with E-state index in [1.54, 1.807) is 12.3 Å². The van der Waals surface area contributed by atoms with Crippen LogP contribution in [0, 0.1) is 5.92 Å². The van der Waals surface area contributed by atoms with Gasteiger partial charge in [0.25, 0.3) is 11.8 Å². The van der Waals surface area contributed by atoms with Crippen molar-refractivity contribution in [3.63, 3.8) is 0 Å². The highest BCUT2D eigenvalue weighted by atomic mass is 35.5. The molecule has 0 aliphatic rings. The third-order valence-corrected chi connectivity index (χ3v) is 6.68. The third kappa shape index (κ3) is 6.52. The SMILES string of the molecule is CC(C)C(NC(=O)c1ccc(Cl)cc1Cl)C(=O)NN=Cc1cn(Cc2ccc(Cl)cc2)c2ccccc12. The zero-order chi connectivity index (χ0) is 26.5. The molecule has 0 radical (unpaired) electrons. The molecular formula is C28H25Cl3N4O2. The number of hydrogen-bond acceptors (Lipinski definition) is 3. The quantitative estimate of drug-likeness (QED) is 0.191. The highest BCUT2D eigenvalue weighted by Gasteiger charge is 2.25. The van der Waals surface area contributed by atoms with Crippen molar-refractivity contribution >= 4 is 63.7 Å². The summed E-state index contributed by atoms with van der Waals surface area (Å²) in [6, 6.07) is 19.4. The van der Waals surface area contributed by atoms with Crippen LogP contribution in [0.3, 0.4) is 0 Å². The lowest BCUT2D eigenvalue weighted by Gasteiger charge is -2.20. The van der Waals surface area contributed by atoms with Crippen LogP contribution < -0.4 is 10.7 Å². The summed E-state index contributed by atoms with van der Waals surface area (Å²) in [5.41, 5.74) is 5.80. The minimum absolute atomic E-state index is 0.188. The van der Waals surface area contributed by atoms with E-state index in [2.05, 4.69) is 20.4 Å². The second-order valence-corrected chi connectivity index (χ2v) is 10.2. The standard InChI is InChI=1S/C28H25Cl3N4O2/c1-17(2)26(33-27(36)23-12-11-21(30)13-24(23)31)28(37)34-32-14-19-16-35(25-6-4-3-5-22(19)25)15-18-7-9-20(29)10-8-18/h3-14,16-17,26H,15H2,1-2H3,(H,33,36)(H,34,37). The van der Waals surface area contributed by atoms with Crippen LogP contribution in [-0.4, -0.2) is 28.6 Å². The summed E-state index contributed by atoms with van der Waals surface area (Å²) in [4.78, 5) is 25.7. The van der Waals surface area contributed by atoms with Crippen molar-refractivity contribution in [2.45, 2.75) is 26.4 Å². The third-order valence-electron chi connectivity index (χ3n) is 5.88. The lowest BCUT2D eigenvalue weighted by Crippen LogP contribution is -2.48. The van der Waals surface area contributed by atoms with Gasteiger partial charge in [-0.05, 0) is 47.9 Å². The Morgan fingerprint density at radius 1 is 0.973 bits per heavy atom. The number of nitrogens with zero attached hydrogens (tertiary/aromatic N) is 2. The fourth-order valence-electron chi connectivity index (χ4n) is 3.96. The molecule has 0 aliphatic carbocycles. The topological polar surface area (TPSA) is 75.5 Å². The van der Waals surface area contributed by atoms with Gasteiger partial charge in [-0.2, -0.15) is 5.10 Å². The van der Waals surface area contributed by atoms with Crippen molar-refractivity contribution < 1.29 is 9.59 Å². The molecule has 1 aromatic heterocycles. The van der Waals surface area contributed by atoms with Crippen molar-refractivity contribution in [3.8, 4) is 0 Å². The van der Waals surface area contributed by atoms with Crippen LogP contribution >= 0.6 is 34.8 Å². The summed E-state index contributed by atoms with van der Waals surface area (Å²) in [6.45, 7) is 4.33. The second kappa shape index (κ2) is 11.8. The molecular weight excluding hydrogens is 531 g/mol. The summed E-state index contributed by atoms with van der Waals surface area (Å²) in [7, 11) is 0. The van der Waals surface area contributed by atoms with Crippen molar-refractivity contribution in [2.24, 2.45) is 11.0 Å². The first-order chi connectivity index (χ1) is 17.7. The lowest BCUT2D eigenvalue weighted by atomic mass is 10.0. The largest absolute Gasteiger partial charge is 0.342 e. The van der Waals surface area contributed by atoms with E-state index in [0.29, 0.717) is 16.6 Å². The average molecular weight is 556 g/mol. The Morgan fingerprint density at radius 2 is 1.68 bits per heavy atom. The smallest absolute Gasteiger partial charge is 0.262 e. The fourth-order valence-corrected chi connectivity index (χ4v) is 4.58. The normalized spacial score (nSPS) is 12.3. The molecule has 190 valence electrons. The van der Waals surface area contributed by atoms with Gasteiger partial charge >= 0.3 is 0 Å². The monoisotopic (exact) mass is 554 g/mol. The first-order valence-corrected chi connectivity index (χ1v) is 12.8. The summed E-state index contributed by atoms with van der Waals surface area (Å²) in [5.74, 6) is -1.09. The van der Waals surface area contributed by atoms with Crippen molar-refractivity contribution in [3.05, 3.63) is 105 Å². The molecule has 1 unspecified atom stereocenters. The van der Waals surface area contributed by atoms with Gasteiger partial charge in [0.1, 0.15) is 6.04 Å². The minimum Gasteiger partial charge on any atom is -0.342 e. The Labute approximate surface area is 230 Å². The maximum atomic E-state index is 12.9. The molecule has 0 fully saturated rings. The molecule has 2 amide bonds. The molecule has 0 aliphatic heterocycles. The van der Waals surface area contributed by atoms with E-state index in [9.17, 15) is 9.59 Å². The number of rotatable bonds is 8. The molecule has 4 rings (SSSR count). The minimum atomic E-state index is -0.817. The molecule has 1 atom stereocenters. The van der Waals surface area contributed by atoms with Crippen LogP contribution in [0.1, 0.15) is 35.3 Å². The summed E-state index contributed by atoms with van der Waals surface area (Å²) < 4.78 is 2.12. The predicted octanol–water partition coefficient (Wildman–Crippen LogP) is 6.55. The summed E-state index contributed by atoms with van der Waals surface area (Å²) in [6.07, 6.45) is 3.59. The van der Waals surface area contributed by atoms with E-state index in [1.165, 1.54) is 12.1 Å². The number of fused-ring (bicyclic) bond motifs is 1. The van der Waals surface area contributed by atoms with Crippen molar-refractivity contribution in [1.29, 1.82) is 0 Å². The number of halogens is 3. The zero-order valence-electron chi connectivity index (χ0n) is 20.2. The number of carbonyl (C=O) groups excluding carboxylic acids is 2. The van der Waals surface area contributed by atoms with Gasteiger partial charge in [0.05, 0.1) is 16.8 Å². The van der Waals surface area contributed by atoms with Crippen LogP contribution in [-0.2, 0) is 11.3 Å². The van der Waals surface area contributed by atoms with Crippen LogP contribution in [0.2, 0.25) is 15.1 Å². The molecule has 6 nitrogen and oxygen atoms in total. The Hall–Kier alpha value is -3.32. The van der Waals surface area contributed by atoms with Gasteiger partial charge in [-0.25, -0.2) is 5.43 Å². The number of carbonyl (C=O) groups is 2. The zero-order valence-corrected chi connectivity index (χ0v) is 22.5. The first-order valence-electron chi connectivity index (χ1n) is 11.6. The Bertz CT molecular complexity index is 1460. The molecule has 1 heterocycles. The number of benzene rings is 3. The van der Waals surface area contributed by atoms with Crippen LogP contribution in [0.25, 0.3) is 10.9 Å². The molecule has 0 spiro atoms. The Kier molecular flexibility index (Phi) is 8.54. The average Bonchev–Trinajstić information content (AvgIpc) is 3.20. The Morgan fingerprint density at radius 3 is 2.38 bits per heavy atom. The van der Waals surface area contributed by atoms with Gasteiger partial charge in [-0.3, -0.25) is 9.59 Å². The van der Waals surface area contributed by atoms with Crippen LogP contribution in [0.5, 0.6) is 0 Å². The molecule has 37 heavy (non-hydrogen) atoms. The summed E-state index contributed by atoms with van der Waals surface area (Å²) in [5, 5.41) is 9.25. The molecule has 2 N–H and O–H groups in total. The van der Waals surface area contributed by atoms with Crippen LogP contribution in [0.15, 0.2) is 78.0 Å². The summed E-state index contributed by atoms with van der Waals surface area (Å²) >= 11 is 18.1. The first kappa shape index (κ1) is 26.7. The lowest BCUT2D eigenvalue weighted by molar-refractivity contribution is -0.123. The number of aromatic nitrogens is 1. The number of hydrogen-bond donors (Lipinski definition) is 2.